The molecule has 0 spiro atoms. The number of hydrogen-bond acceptors (Lipinski definition) is 0. The first kappa shape index (κ1) is 13.0. The molecule has 0 amide bonds. The zero-order chi connectivity index (χ0) is 9.94. The van der Waals surface area contributed by atoms with Crippen molar-refractivity contribution < 1.29 is 5.11 Å². The first-order chi connectivity index (χ1) is 6.31. The molecule has 0 aliphatic heterocycles. The van der Waals surface area contributed by atoms with Gasteiger partial charge in [0, 0.05) is 0 Å². The fourth-order valence-corrected chi connectivity index (χ4v) is 1.65. The summed E-state index contributed by atoms with van der Waals surface area (Å²) >= 11 is 0. The third-order valence-corrected chi connectivity index (χ3v) is 2.64. The van der Waals surface area contributed by atoms with E-state index in [0.717, 1.165) is 18.8 Å². The Morgan fingerprint density at radius 2 is 1.54 bits per heavy atom. The molecule has 0 aromatic rings. The highest BCUT2D eigenvalue weighted by molar-refractivity contribution is 4.53. The molecule has 1 unspecified atom stereocenters. The molecule has 1 heteroatoms. The van der Waals surface area contributed by atoms with Gasteiger partial charge in [0.15, 0.2) is 0 Å². The summed E-state index contributed by atoms with van der Waals surface area (Å²) in [6, 6.07) is 0. The molecule has 79 valence electrons. The second-order valence-electron chi connectivity index (χ2n) is 4.15. The minimum atomic E-state index is 0.116. The van der Waals surface area contributed by atoms with Crippen molar-refractivity contribution in [3.05, 3.63) is 0 Å². The van der Waals surface area contributed by atoms with E-state index in [2.05, 4.69) is 13.8 Å². The van der Waals surface area contributed by atoms with Gasteiger partial charge in [0.2, 0.25) is 0 Å². The van der Waals surface area contributed by atoms with Crippen molar-refractivity contribution in [3.63, 3.8) is 0 Å². The Hall–Kier alpha value is -0.0400. The Bertz CT molecular complexity index is 91.1. The summed E-state index contributed by atoms with van der Waals surface area (Å²) in [7, 11) is 0. The van der Waals surface area contributed by atoms with E-state index in [9.17, 15) is 5.11 Å². The lowest BCUT2D eigenvalue weighted by atomic mass is 9.97. The highest BCUT2D eigenvalue weighted by atomic mass is 16.2. The summed E-state index contributed by atoms with van der Waals surface area (Å²) in [6.07, 6.45) is 10.1. The van der Waals surface area contributed by atoms with Crippen LogP contribution in [-0.2, 0) is 5.11 Å². The molecule has 0 aromatic heterocycles. The first-order valence-electron chi connectivity index (χ1n) is 5.89. The molecular weight excluding hydrogens is 160 g/mol. The van der Waals surface area contributed by atoms with E-state index in [4.69, 9.17) is 0 Å². The van der Waals surface area contributed by atoms with Crippen LogP contribution < -0.4 is 0 Å². The van der Waals surface area contributed by atoms with Crippen molar-refractivity contribution in [1.82, 2.24) is 0 Å². The molecule has 1 atom stereocenters. The topological polar surface area (TPSA) is 19.9 Å². The predicted molar refractivity (Wildman–Crippen MR) is 57.3 cm³/mol. The maximum absolute atomic E-state index is 10.2. The molecule has 0 fully saturated rings. The van der Waals surface area contributed by atoms with Crippen LogP contribution in [-0.4, -0.2) is 6.61 Å². The lowest BCUT2D eigenvalue weighted by molar-refractivity contribution is 0.185. The summed E-state index contributed by atoms with van der Waals surface area (Å²) in [6.45, 7) is 4.72. The largest absolute Gasteiger partial charge is 0.237 e. The Balaban J connectivity index is 3.03. The van der Waals surface area contributed by atoms with Crippen LogP contribution in [0.3, 0.4) is 0 Å². The predicted octanol–water partition coefficient (Wildman–Crippen LogP) is 4.19. The third kappa shape index (κ3) is 9.88. The SMILES string of the molecule is CCCCC(C)CCCCCC[O]. The number of hydrogen-bond donors (Lipinski definition) is 0. The van der Waals surface area contributed by atoms with E-state index in [1.165, 1.54) is 38.5 Å². The van der Waals surface area contributed by atoms with Crippen molar-refractivity contribution in [2.45, 2.75) is 65.2 Å². The Morgan fingerprint density at radius 3 is 2.15 bits per heavy atom. The van der Waals surface area contributed by atoms with Crippen molar-refractivity contribution in [3.8, 4) is 0 Å². The van der Waals surface area contributed by atoms with E-state index < -0.39 is 0 Å². The summed E-state index contributed by atoms with van der Waals surface area (Å²) in [4.78, 5) is 0. The molecule has 1 nitrogen and oxygen atoms in total. The summed E-state index contributed by atoms with van der Waals surface area (Å²) in [5, 5.41) is 10.2. The van der Waals surface area contributed by atoms with Crippen LogP contribution in [0.2, 0.25) is 0 Å². The standard InChI is InChI=1S/C12H25O/c1-3-4-9-12(2)10-7-5-6-8-11-13/h12H,3-11H2,1-2H3. The van der Waals surface area contributed by atoms with Gasteiger partial charge >= 0.3 is 0 Å². The highest BCUT2D eigenvalue weighted by Gasteiger charge is 2.00. The Labute approximate surface area is 83.5 Å². The molecule has 0 rings (SSSR count). The normalized spacial score (nSPS) is 13.2. The van der Waals surface area contributed by atoms with Crippen LogP contribution in [0.15, 0.2) is 0 Å². The molecule has 0 aromatic carbocycles. The Morgan fingerprint density at radius 1 is 0.923 bits per heavy atom. The quantitative estimate of drug-likeness (QED) is 0.480. The first-order valence-corrected chi connectivity index (χ1v) is 5.89. The lowest BCUT2D eigenvalue weighted by Crippen LogP contribution is -1.94. The van der Waals surface area contributed by atoms with Crippen molar-refractivity contribution in [2.24, 2.45) is 5.92 Å². The highest BCUT2D eigenvalue weighted by Crippen LogP contribution is 2.15. The van der Waals surface area contributed by atoms with Crippen molar-refractivity contribution in [1.29, 1.82) is 0 Å². The summed E-state index contributed by atoms with van der Waals surface area (Å²) in [5.41, 5.74) is 0. The summed E-state index contributed by atoms with van der Waals surface area (Å²) in [5.74, 6) is 0.896. The minimum Gasteiger partial charge on any atom is -0.237 e. The Kier molecular flexibility index (Phi) is 10.0. The maximum Gasteiger partial charge on any atom is 0.0822 e. The van der Waals surface area contributed by atoms with Gasteiger partial charge in [-0.05, 0) is 12.3 Å². The average Bonchev–Trinajstić information content (AvgIpc) is 2.14. The van der Waals surface area contributed by atoms with Gasteiger partial charge in [-0.2, -0.15) is 0 Å². The summed E-state index contributed by atoms with van der Waals surface area (Å²) < 4.78 is 0. The van der Waals surface area contributed by atoms with Crippen LogP contribution in [0.5, 0.6) is 0 Å². The van der Waals surface area contributed by atoms with Crippen LogP contribution in [0, 0.1) is 5.92 Å². The smallest absolute Gasteiger partial charge is 0.0822 e. The molecule has 13 heavy (non-hydrogen) atoms. The number of rotatable bonds is 9. The molecular formula is C12H25O. The average molecular weight is 185 g/mol. The van der Waals surface area contributed by atoms with Crippen LogP contribution in [0.25, 0.3) is 0 Å². The van der Waals surface area contributed by atoms with Gasteiger partial charge in [-0.25, -0.2) is 5.11 Å². The van der Waals surface area contributed by atoms with Gasteiger partial charge < -0.3 is 0 Å². The molecule has 0 saturated carbocycles. The van der Waals surface area contributed by atoms with Crippen LogP contribution in [0.1, 0.15) is 65.2 Å². The molecule has 1 radical (unpaired) electrons. The van der Waals surface area contributed by atoms with Gasteiger partial charge in [0.05, 0.1) is 6.61 Å². The zero-order valence-corrected chi connectivity index (χ0v) is 9.35. The number of unbranched alkanes of at least 4 members (excludes halogenated alkanes) is 4. The minimum absolute atomic E-state index is 0.116. The zero-order valence-electron chi connectivity index (χ0n) is 9.35. The lowest BCUT2D eigenvalue weighted by Gasteiger charge is -2.09. The van der Waals surface area contributed by atoms with Crippen molar-refractivity contribution in [2.75, 3.05) is 6.61 Å². The molecule has 0 aliphatic carbocycles. The van der Waals surface area contributed by atoms with Crippen LogP contribution in [0.4, 0.5) is 0 Å². The second-order valence-corrected chi connectivity index (χ2v) is 4.15. The molecule has 0 heterocycles. The van der Waals surface area contributed by atoms with E-state index >= 15 is 0 Å². The van der Waals surface area contributed by atoms with E-state index in [-0.39, 0.29) is 6.61 Å². The third-order valence-electron chi connectivity index (χ3n) is 2.64. The van der Waals surface area contributed by atoms with Gasteiger partial charge in [-0.3, -0.25) is 0 Å². The van der Waals surface area contributed by atoms with E-state index in [1.807, 2.05) is 0 Å². The second kappa shape index (κ2) is 10.0. The molecule has 0 bridgehead atoms. The fraction of sp³-hybridized carbons (Fsp3) is 1.00. The maximum atomic E-state index is 10.2. The van der Waals surface area contributed by atoms with Gasteiger partial charge in [-0.1, -0.05) is 58.8 Å². The monoisotopic (exact) mass is 185 g/mol. The molecule has 0 N–H and O–H groups in total. The van der Waals surface area contributed by atoms with E-state index in [0.29, 0.717) is 0 Å². The van der Waals surface area contributed by atoms with Gasteiger partial charge in [-0.15, -0.1) is 0 Å². The molecule has 0 saturated heterocycles. The van der Waals surface area contributed by atoms with Gasteiger partial charge in [0.1, 0.15) is 0 Å². The van der Waals surface area contributed by atoms with E-state index in [1.54, 1.807) is 0 Å². The molecule has 0 aliphatic rings. The fourth-order valence-electron chi connectivity index (χ4n) is 1.65. The van der Waals surface area contributed by atoms with Crippen LogP contribution >= 0.6 is 0 Å². The van der Waals surface area contributed by atoms with Crippen molar-refractivity contribution >= 4 is 0 Å². The van der Waals surface area contributed by atoms with Gasteiger partial charge in [0.25, 0.3) is 0 Å².